The number of ether oxygens (including phenoxy) is 1. The molecule has 0 radical (unpaired) electrons. The molecule has 1 N–H and O–H groups in total. The van der Waals surface area contributed by atoms with E-state index in [9.17, 15) is 0 Å². The lowest BCUT2D eigenvalue weighted by Crippen LogP contribution is -2.02. The van der Waals surface area contributed by atoms with Crippen LogP contribution in [0.15, 0.2) is 42.7 Å². The number of aryl methyl sites for hydroxylation is 1. The third-order valence-electron chi connectivity index (χ3n) is 2.72. The zero-order valence-corrected chi connectivity index (χ0v) is 10.8. The minimum Gasteiger partial charge on any atom is -0.479 e. The number of pyridine rings is 1. The standard InChI is InChI=1S/C15H15N3O/c1-12-5-7-17-11-15(12)18-10-13-3-2-4-14(9-13)19-8-6-16/h2-5,7,9,11,18H,8,10H2,1H3. The van der Waals surface area contributed by atoms with Gasteiger partial charge in [-0.3, -0.25) is 4.98 Å². The van der Waals surface area contributed by atoms with Crippen molar-refractivity contribution in [3.63, 3.8) is 0 Å². The summed E-state index contributed by atoms with van der Waals surface area (Å²) in [5.41, 5.74) is 3.27. The van der Waals surface area contributed by atoms with Crippen LogP contribution in [0, 0.1) is 18.3 Å². The molecule has 0 amide bonds. The fourth-order valence-electron chi connectivity index (χ4n) is 1.71. The zero-order valence-electron chi connectivity index (χ0n) is 10.8. The third-order valence-corrected chi connectivity index (χ3v) is 2.72. The number of rotatable bonds is 5. The summed E-state index contributed by atoms with van der Waals surface area (Å²) in [7, 11) is 0. The Kier molecular flexibility index (Phi) is 4.35. The highest BCUT2D eigenvalue weighted by Crippen LogP contribution is 2.16. The highest BCUT2D eigenvalue weighted by atomic mass is 16.5. The van der Waals surface area contributed by atoms with E-state index >= 15 is 0 Å². The van der Waals surface area contributed by atoms with Gasteiger partial charge in [-0.2, -0.15) is 5.26 Å². The molecule has 2 rings (SSSR count). The molecule has 0 fully saturated rings. The van der Waals surface area contributed by atoms with Crippen LogP contribution in [0.25, 0.3) is 0 Å². The fourth-order valence-corrected chi connectivity index (χ4v) is 1.71. The molecule has 1 aromatic carbocycles. The molecule has 1 heterocycles. The number of hydrogen-bond acceptors (Lipinski definition) is 4. The summed E-state index contributed by atoms with van der Waals surface area (Å²) in [4.78, 5) is 4.09. The number of nitrogens with zero attached hydrogens (tertiary/aromatic N) is 2. The van der Waals surface area contributed by atoms with Gasteiger partial charge in [0.1, 0.15) is 11.8 Å². The van der Waals surface area contributed by atoms with Crippen molar-refractivity contribution in [1.29, 1.82) is 5.26 Å². The maximum Gasteiger partial charge on any atom is 0.174 e. The Balaban J connectivity index is 2.00. The summed E-state index contributed by atoms with van der Waals surface area (Å²) in [6, 6.07) is 11.6. The lowest BCUT2D eigenvalue weighted by atomic mass is 10.2. The van der Waals surface area contributed by atoms with E-state index in [1.54, 1.807) is 6.20 Å². The van der Waals surface area contributed by atoms with Gasteiger partial charge in [-0.1, -0.05) is 12.1 Å². The van der Waals surface area contributed by atoms with Crippen LogP contribution < -0.4 is 10.1 Å². The van der Waals surface area contributed by atoms with Crippen molar-refractivity contribution >= 4 is 5.69 Å². The van der Waals surface area contributed by atoms with Gasteiger partial charge in [-0.05, 0) is 36.2 Å². The van der Waals surface area contributed by atoms with Gasteiger partial charge in [0.25, 0.3) is 0 Å². The van der Waals surface area contributed by atoms with E-state index in [4.69, 9.17) is 10.00 Å². The summed E-state index contributed by atoms with van der Waals surface area (Å²) in [5.74, 6) is 0.712. The van der Waals surface area contributed by atoms with Crippen molar-refractivity contribution in [3.05, 3.63) is 53.9 Å². The van der Waals surface area contributed by atoms with Gasteiger partial charge in [-0.15, -0.1) is 0 Å². The molecule has 0 bridgehead atoms. The Bertz CT molecular complexity index is 590. The molecular weight excluding hydrogens is 238 g/mol. The van der Waals surface area contributed by atoms with Gasteiger partial charge < -0.3 is 10.1 Å². The Labute approximate surface area is 112 Å². The van der Waals surface area contributed by atoms with E-state index in [-0.39, 0.29) is 6.61 Å². The average Bonchev–Trinajstić information content (AvgIpc) is 2.45. The number of nitriles is 1. The van der Waals surface area contributed by atoms with Crippen LogP contribution in [0.4, 0.5) is 5.69 Å². The summed E-state index contributed by atoms with van der Waals surface area (Å²) >= 11 is 0. The normalized spacial score (nSPS) is 9.68. The molecule has 2 aromatic rings. The van der Waals surface area contributed by atoms with E-state index in [2.05, 4.69) is 10.3 Å². The molecule has 4 heteroatoms. The van der Waals surface area contributed by atoms with E-state index in [1.165, 1.54) is 0 Å². The van der Waals surface area contributed by atoms with E-state index < -0.39 is 0 Å². The van der Waals surface area contributed by atoms with Crippen molar-refractivity contribution in [2.24, 2.45) is 0 Å². The van der Waals surface area contributed by atoms with Crippen LogP contribution in [0.5, 0.6) is 5.75 Å². The zero-order chi connectivity index (χ0) is 13.5. The number of benzene rings is 1. The first-order valence-corrected chi connectivity index (χ1v) is 6.03. The minimum absolute atomic E-state index is 0.0681. The molecule has 0 saturated heterocycles. The first-order valence-electron chi connectivity index (χ1n) is 6.03. The number of aromatic nitrogens is 1. The lowest BCUT2D eigenvalue weighted by Gasteiger charge is -2.09. The Morgan fingerprint density at radius 1 is 1.37 bits per heavy atom. The molecule has 19 heavy (non-hydrogen) atoms. The molecule has 0 unspecified atom stereocenters. The Morgan fingerprint density at radius 3 is 3.05 bits per heavy atom. The van der Waals surface area contributed by atoms with Crippen molar-refractivity contribution in [2.45, 2.75) is 13.5 Å². The highest BCUT2D eigenvalue weighted by molar-refractivity contribution is 5.48. The molecule has 0 aliphatic rings. The smallest absolute Gasteiger partial charge is 0.174 e. The SMILES string of the molecule is Cc1ccncc1NCc1cccc(OCC#N)c1. The van der Waals surface area contributed by atoms with Crippen LogP contribution in [0.1, 0.15) is 11.1 Å². The van der Waals surface area contributed by atoms with Gasteiger partial charge in [-0.25, -0.2) is 0 Å². The second-order valence-electron chi connectivity index (χ2n) is 4.14. The van der Waals surface area contributed by atoms with Gasteiger partial charge in [0, 0.05) is 12.7 Å². The summed E-state index contributed by atoms with van der Waals surface area (Å²) in [6.07, 6.45) is 3.59. The van der Waals surface area contributed by atoms with Crippen molar-refractivity contribution in [1.82, 2.24) is 4.98 Å². The van der Waals surface area contributed by atoms with Crippen LogP contribution in [-0.4, -0.2) is 11.6 Å². The quantitative estimate of drug-likeness (QED) is 0.890. The highest BCUT2D eigenvalue weighted by Gasteiger charge is 1.99. The summed E-state index contributed by atoms with van der Waals surface area (Å²) in [5, 5.41) is 11.8. The van der Waals surface area contributed by atoms with Crippen molar-refractivity contribution in [2.75, 3.05) is 11.9 Å². The molecule has 0 atom stereocenters. The van der Waals surface area contributed by atoms with E-state index in [1.807, 2.05) is 49.5 Å². The molecule has 0 saturated carbocycles. The average molecular weight is 253 g/mol. The maximum absolute atomic E-state index is 8.49. The topological polar surface area (TPSA) is 57.9 Å². The predicted molar refractivity (Wildman–Crippen MR) is 73.9 cm³/mol. The number of hydrogen-bond donors (Lipinski definition) is 1. The van der Waals surface area contributed by atoms with Crippen molar-refractivity contribution in [3.8, 4) is 11.8 Å². The predicted octanol–water partition coefficient (Wildman–Crippen LogP) is 2.90. The second-order valence-corrected chi connectivity index (χ2v) is 4.14. The third kappa shape index (κ3) is 3.71. The largest absolute Gasteiger partial charge is 0.479 e. The molecular formula is C15H15N3O. The number of nitrogens with one attached hydrogen (secondary N) is 1. The molecule has 1 aromatic heterocycles. The monoisotopic (exact) mass is 253 g/mol. The van der Waals surface area contributed by atoms with Gasteiger partial charge in [0.05, 0.1) is 11.9 Å². The molecule has 0 aliphatic carbocycles. The molecule has 96 valence electrons. The molecule has 4 nitrogen and oxygen atoms in total. The second kappa shape index (κ2) is 6.41. The number of anilines is 1. The van der Waals surface area contributed by atoms with Crippen molar-refractivity contribution < 1.29 is 4.74 Å². The Hall–Kier alpha value is -2.54. The van der Waals surface area contributed by atoms with Gasteiger partial charge in [0.15, 0.2) is 6.61 Å². The summed E-state index contributed by atoms with van der Waals surface area (Å²) < 4.78 is 5.27. The van der Waals surface area contributed by atoms with Crippen LogP contribution in [0.3, 0.4) is 0 Å². The Morgan fingerprint density at radius 2 is 2.26 bits per heavy atom. The molecule has 0 spiro atoms. The van der Waals surface area contributed by atoms with Crippen LogP contribution >= 0.6 is 0 Å². The maximum atomic E-state index is 8.49. The summed E-state index contributed by atoms with van der Waals surface area (Å²) in [6.45, 7) is 2.80. The minimum atomic E-state index is 0.0681. The molecule has 0 aliphatic heterocycles. The van der Waals surface area contributed by atoms with Crippen LogP contribution in [0.2, 0.25) is 0 Å². The van der Waals surface area contributed by atoms with Gasteiger partial charge >= 0.3 is 0 Å². The van der Waals surface area contributed by atoms with Gasteiger partial charge in [0.2, 0.25) is 0 Å². The fraction of sp³-hybridized carbons (Fsp3) is 0.200. The van der Waals surface area contributed by atoms with Crippen LogP contribution in [-0.2, 0) is 6.54 Å². The lowest BCUT2D eigenvalue weighted by molar-refractivity contribution is 0.368. The first-order chi connectivity index (χ1) is 9.29. The van der Waals surface area contributed by atoms with E-state index in [0.29, 0.717) is 12.3 Å². The van der Waals surface area contributed by atoms with E-state index in [0.717, 1.165) is 16.8 Å². The first kappa shape index (κ1) is 12.9.